The molecule has 0 atom stereocenters. The van der Waals surface area contributed by atoms with Crippen LogP contribution in [0.5, 0.6) is 17.4 Å². The minimum atomic E-state index is -0.578. The van der Waals surface area contributed by atoms with Crippen molar-refractivity contribution in [2.75, 3.05) is 27.9 Å². The van der Waals surface area contributed by atoms with E-state index in [-0.39, 0.29) is 30.4 Å². The molecule has 146 valence electrons. The molecule has 1 aromatic carbocycles. The zero-order valence-electron chi connectivity index (χ0n) is 15.4. The van der Waals surface area contributed by atoms with Gasteiger partial charge in [-0.05, 0) is 24.1 Å². The van der Waals surface area contributed by atoms with E-state index < -0.39 is 4.92 Å². The summed E-state index contributed by atoms with van der Waals surface area (Å²) < 4.78 is 16.6. The van der Waals surface area contributed by atoms with E-state index in [4.69, 9.17) is 14.2 Å². The van der Waals surface area contributed by atoms with Crippen molar-refractivity contribution in [3.05, 3.63) is 40.1 Å². The summed E-state index contributed by atoms with van der Waals surface area (Å²) in [5.74, 6) is 1.03. The first-order valence-electron chi connectivity index (χ1n) is 8.22. The minimum absolute atomic E-state index is 0.0751. The number of amides is 1. The van der Waals surface area contributed by atoms with Crippen molar-refractivity contribution in [1.82, 2.24) is 15.1 Å². The lowest BCUT2D eigenvalue weighted by atomic mass is 10.1. The number of nitrogens with zero attached hydrogens (tertiary/aromatic N) is 3. The molecule has 2 rings (SSSR count). The molecule has 0 aliphatic rings. The van der Waals surface area contributed by atoms with Crippen LogP contribution in [0.15, 0.2) is 24.4 Å². The summed E-state index contributed by atoms with van der Waals surface area (Å²) in [7, 11) is 4.44. The van der Waals surface area contributed by atoms with Gasteiger partial charge < -0.3 is 19.5 Å². The SMILES string of the molecule is COc1ccc(CCNC(=O)CCn2cc([N+](=O)[O-])c(OC)n2)cc1OC. The third-order valence-corrected chi connectivity index (χ3v) is 3.85. The lowest BCUT2D eigenvalue weighted by Gasteiger charge is -2.10. The van der Waals surface area contributed by atoms with Crippen LogP contribution in [0.2, 0.25) is 0 Å². The number of methoxy groups -OCH3 is 3. The molecule has 0 saturated heterocycles. The molecule has 10 nitrogen and oxygen atoms in total. The third-order valence-electron chi connectivity index (χ3n) is 3.85. The van der Waals surface area contributed by atoms with Crippen molar-refractivity contribution in [2.45, 2.75) is 19.4 Å². The van der Waals surface area contributed by atoms with Crippen LogP contribution in [0.3, 0.4) is 0 Å². The Morgan fingerprint density at radius 2 is 1.96 bits per heavy atom. The van der Waals surface area contributed by atoms with E-state index >= 15 is 0 Å². The first-order valence-corrected chi connectivity index (χ1v) is 8.22. The molecular weight excluding hydrogens is 356 g/mol. The number of nitro groups is 1. The molecule has 0 unspecified atom stereocenters. The largest absolute Gasteiger partial charge is 0.493 e. The lowest BCUT2D eigenvalue weighted by Crippen LogP contribution is -2.26. The quantitative estimate of drug-likeness (QED) is 0.492. The maximum Gasteiger partial charge on any atom is 0.350 e. The predicted molar refractivity (Wildman–Crippen MR) is 96.3 cm³/mol. The molecule has 0 bridgehead atoms. The number of hydrogen-bond acceptors (Lipinski definition) is 7. The highest BCUT2D eigenvalue weighted by atomic mass is 16.6. The summed E-state index contributed by atoms with van der Waals surface area (Å²) >= 11 is 0. The average Bonchev–Trinajstić information content (AvgIpc) is 3.10. The summed E-state index contributed by atoms with van der Waals surface area (Å²) in [6, 6.07) is 5.58. The Labute approximate surface area is 156 Å². The first kappa shape index (κ1) is 20.0. The highest BCUT2D eigenvalue weighted by molar-refractivity contribution is 5.75. The van der Waals surface area contributed by atoms with Crippen molar-refractivity contribution in [3.63, 3.8) is 0 Å². The van der Waals surface area contributed by atoms with Gasteiger partial charge in [-0.2, -0.15) is 0 Å². The number of rotatable bonds is 10. The van der Waals surface area contributed by atoms with Gasteiger partial charge in [0, 0.05) is 13.0 Å². The van der Waals surface area contributed by atoms with Crippen molar-refractivity contribution in [1.29, 1.82) is 0 Å². The van der Waals surface area contributed by atoms with Crippen LogP contribution in [0, 0.1) is 10.1 Å². The van der Waals surface area contributed by atoms with Gasteiger partial charge in [-0.15, -0.1) is 5.10 Å². The second kappa shape index (κ2) is 9.41. The lowest BCUT2D eigenvalue weighted by molar-refractivity contribution is -0.385. The highest BCUT2D eigenvalue weighted by Crippen LogP contribution is 2.27. The molecule has 1 heterocycles. The molecule has 0 aliphatic heterocycles. The summed E-state index contributed by atoms with van der Waals surface area (Å²) in [5, 5.41) is 17.6. The molecule has 0 saturated carbocycles. The van der Waals surface area contributed by atoms with Crippen LogP contribution in [0.25, 0.3) is 0 Å². The fourth-order valence-corrected chi connectivity index (χ4v) is 2.47. The fourth-order valence-electron chi connectivity index (χ4n) is 2.47. The monoisotopic (exact) mass is 378 g/mol. The Balaban J connectivity index is 1.81. The Morgan fingerprint density at radius 3 is 2.56 bits per heavy atom. The molecule has 0 fully saturated rings. The summed E-state index contributed by atoms with van der Waals surface area (Å²) in [4.78, 5) is 22.3. The van der Waals surface area contributed by atoms with E-state index in [1.165, 1.54) is 18.0 Å². The van der Waals surface area contributed by atoms with E-state index in [2.05, 4.69) is 10.4 Å². The van der Waals surface area contributed by atoms with Crippen LogP contribution in [0.4, 0.5) is 5.69 Å². The average molecular weight is 378 g/mol. The number of hydrogen-bond donors (Lipinski definition) is 1. The van der Waals surface area contributed by atoms with E-state index in [1.807, 2.05) is 18.2 Å². The van der Waals surface area contributed by atoms with Crippen LogP contribution >= 0.6 is 0 Å². The van der Waals surface area contributed by atoms with Crippen molar-refractivity contribution in [2.24, 2.45) is 0 Å². The van der Waals surface area contributed by atoms with E-state index in [1.54, 1.807) is 14.2 Å². The highest BCUT2D eigenvalue weighted by Gasteiger charge is 2.20. The molecular formula is C17H22N4O6. The van der Waals surface area contributed by atoms with Gasteiger partial charge in [0.05, 0.1) is 32.8 Å². The van der Waals surface area contributed by atoms with Gasteiger partial charge in [-0.3, -0.25) is 19.6 Å². The molecule has 0 spiro atoms. The Morgan fingerprint density at radius 1 is 1.22 bits per heavy atom. The summed E-state index contributed by atoms with van der Waals surface area (Å²) in [6.45, 7) is 0.670. The van der Waals surface area contributed by atoms with Gasteiger partial charge in [0.25, 0.3) is 0 Å². The van der Waals surface area contributed by atoms with Crippen molar-refractivity contribution in [3.8, 4) is 17.4 Å². The Bertz CT molecular complexity index is 805. The van der Waals surface area contributed by atoms with Gasteiger partial charge in [0.2, 0.25) is 5.91 Å². The second-order valence-electron chi connectivity index (χ2n) is 5.58. The molecule has 1 aromatic heterocycles. The minimum Gasteiger partial charge on any atom is -0.493 e. The van der Waals surface area contributed by atoms with Gasteiger partial charge in [0.1, 0.15) is 6.20 Å². The number of aryl methyl sites for hydroxylation is 1. The third kappa shape index (κ3) is 5.33. The Kier molecular flexibility index (Phi) is 6.98. The maximum atomic E-state index is 12.0. The number of carbonyl (C=O) groups is 1. The zero-order valence-corrected chi connectivity index (χ0v) is 15.4. The van der Waals surface area contributed by atoms with Crippen LogP contribution in [-0.4, -0.2) is 48.5 Å². The number of carbonyl (C=O) groups excluding carboxylic acids is 1. The van der Waals surface area contributed by atoms with Crippen molar-refractivity contribution >= 4 is 11.6 Å². The second-order valence-corrected chi connectivity index (χ2v) is 5.58. The van der Waals surface area contributed by atoms with E-state index in [0.717, 1.165) is 5.56 Å². The number of aromatic nitrogens is 2. The maximum absolute atomic E-state index is 12.0. The molecule has 10 heteroatoms. The predicted octanol–water partition coefficient (Wildman–Crippen LogP) is 1.57. The molecule has 0 radical (unpaired) electrons. The number of ether oxygens (including phenoxy) is 3. The first-order chi connectivity index (χ1) is 13.0. The molecule has 1 N–H and O–H groups in total. The van der Waals surface area contributed by atoms with Gasteiger partial charge in [-0.25, -0.2) is 0 Å². The van der Waals surface area contributed by atoms with E-state index in [0.29, 0.717) is 24.5 Å². The van der Waals surface area contributed by atoms with Gasteiger partial charge >= 0.3 is 11.6 Å². The molecule has 27 heavy (non-hydrogen) atoms. The molecule has 0 aliphatic carbocycles. The summed E-state index contributed by atoms with van der Waals surface area (Å²) in [5.41, 5.74) is 0.770. The Hall–Kier alpha value is -3.30. The van der Waals surface area contributed by atoms with Crippen LogP contribution < -0.4 is 19.5 Å². The standard InChI is InChI=1S/C17H22N4O6/c1-25-14-5-4-12(10-15(14)26-2)6-8-18-16(22)7-9-20-11-13(21(23)24)17(19-20)27-3/h4-5,10-11H,6-9H2,1-3H3,(H,18,22). The van der Waals surface area contributed by atoms with Crippen LogP contribution in [-0.2, 0) is 17.8 Å². The number of nitrogens with one attached hydrogen (secondary N) is 1. The van der Waals surface area contributed by atoms with Gasteiger partial charge in [0.15, 0.2) is 11.5 Å². The van der Waals surface area contributed by atoms with Crippen molar-refractivity contribution < 1.29 is 23.9 Å². The normalized spacial score (nSPS) is 10.3. The summed E-state index contributed by atoms with van der Waals surface area (Å²) in [6.07, 6.45) is 2.02. The van der Waals surface area contributed by atoms with E-state index in [9.17, 15) is 14.9 Å². The van der Waals surface area contributed by atoms with Crippen LogP contribution in [0.1, 0.15) is 12.0 Å². The smallest absolute Gasteiger partial charge is 0.350 e. The zero-order chi connectivity index (χ0) is 19.8. The molecule has 2 aromatic rings. The number of benzene rings is 1. The van der Waals surface area contributed by atoms with Gasteiger partial charge in [-0.1, -0.05) is 6.07 Å². The topological polar surface area (TPSA) is 118 Å². The molecule has 1 amide bonds. The fraction of sp³-hybridized carbons (Fsp3) is 0.412.